The van der Waals surface area contributed by atoms with Gasteiger partial charge in [0.1, 0.15) is 0 Å². The number of phosphoric ester groups is 1. The van der Waals surface area contributed by atoms with Gasteiger partial charge in [-0.3, -0.25) is 13.8 Å². The molecule has 0 aromatic heterocycles. The number of carbonyl (C=O) groups excluding carboxylic acids is 1. The van der Waals surface area contributed by atoms with Gasteiger partial charge in [0.2, 0.25) is 5.91 Å². The van der Waals surface area contributed by atoms with Crippen molar-refractivity contribution in [2.24, 2.45) is 5.73 Å². The van der Waals surface area contributed by atoms with Crippen molar-refractivity contribution in [1.29, 1.82) is 0 Å². The van der Waals surface area contributed by atoms with E-state index in [-0.39, 0.29) is 19.6 Å². The lowest BCUT2D eigenvalue weighted by molar-refractivity contribution is -0.124. The number of allylic oxidation sites excluding steroid dienone is 7. The van der Waals surface area contributed by atoms with Crippen LogP contribution in [0.5, 0.6) is 0 Å². The standard InChI is InChI=1S/C54H103N2O7P/c1-3-5-7-9-11-13-15-17-19-21-23-25-27-29-31-33-35-37-39-41-43-45-51(57)49-54(59)56-52(50-63-64(60,61)62-48-47-55)53(58)46-44-42-40-38-36-34-32-30-28-26-24-22-20-18-16-14-12-10-8-6-4-2/h23,25,29,31,36,38,44,46,51-53,57-58H,3-22,24,26-28,30,32-35,37,39-43,45,47-50,55H2,1-2H3,(H,56,59)(H,60,61)/b25-23-,31-29-,38-36+,46-44+. The number of rotatable bonds is 50. The van der Waals surface area contributed by atoms with E-state index < -0.39 is 38.6 Å². The number of phosphoric acid groups is 1. The van der Waals surface area contributed by atoms with Gasteiger partial charge in [-0.05, 0) is 64.2 Å². The Bertz CT molecular complexity index is 1160. The molecule has 0 fully saturated rings. The van der Waals surface area contributed by atoms with E-state index >= 15 is 0 Å². The summed E-state index contributed by atoms with van der Waals surface area (Å²) in [6, 6.07) is -1.01. The molecule has 0 rings (SSSR count). The lowest BCUT2D eigenvalue weighted by atomic mass is 10.0. The zero-order chi connectivity index (χ0) is 46.9. The molecule has 6 N–H and O–H groups in total. The van der Waals surface area contributed by atoms with Crippen LogP contribution in [0.4, 0.5) is 0 Å². The number of nitrogens with one attached hydrogen (secondary N) is 1. The molecule has 10 heteroatoms. The van der Waals surface area contributed by atoms with Crippen molar-refractivity contribution in [2.75, 3.05) is 19.8 Å². The van der Waals surface area contributed by atoms with Crippen LogP contribution < -0.4 is 11.1 Å². The SMILES string of the molecule is CCCCCCCCCCC/C=C\C/C=C\CCCCCCCC(O)CC(=O)NC(COP(=O)(O)OCCN)C(O)/C=C/CC/C=C/CCCCCCCCCCCCCCCCC. The molecule has 0 spiro atoms. The summed E-state index contributed by atoms with van der Waals surface area (Å²) in [5, 5.41) is 24.2. The molecule has 4 atom stereocenters. The van der Waals surface area contributed by atoms with Crippen LogP contribution in [-0.4, -0.2) is 59.0 Å². The molecule has 0 saturated heterocycles. The first-order valence-electron chi connectivity index (χ1n) is 26.8. The molecule has 0 saturated carbocycles. The highest BCUT2D eigenvalue weighted by Gasteiger charge is 2.27. The maximum Gasteiger partial charge on any atom is 0.472 e. The number of hydrogen-bond acceptors (Lipinski definition) is 7. The van der Waals surface area contributed by atoms with Crippen LogP contribution in [-0.2, 0) is 18.4 Å². The van der Waals surface area contributed by atoms with Gasteiger partial charge in [0, 0.05) is 6.54 Å². The smallest absolute Gasteiger partial charge is 0.393 e. The van der Waals surface area contributed by atoms with Gasteiger partial charge in [0.25, 0.3) is 0 Å². The van der Waals surface area contributed by atoms with Crippen LogP contribution in [0, 0.1) is 0 Å². The van der Waals surface area contributed by atoms with Crippen molar-refractivity contribution < 1.29 is 33.5 Å². The van der Waals surface area contributed by atoms with Gasteiger partial charge >= 0.3 is 7.82 Å². The Morgan fingerprint density at radius 2 is 0.938 bits per heavy atom. The molecule has 0 heterocycles. The number of nitrogens with two attached hydrogens (primary N) is 1. The Labute approximate surface area is 395 Å². The second-order valence-electron chi connectivity index (χ2n) is 18.3. The molecule has 0 radical (unpaired) electrons. The minimum atomic E-state index is -4.42. The Kier molecular flexibility index (Phi) is 48.1. The topological polar surface area (TPSA) is 151 Å². The summed E-state index contributed by atoms with van der Waals surface area (Å²) in [4.78, 5) is 22.9. The van der Waals surface area contributed by atoms with Crippen LogP contribution in [0.15, 0.2) is 48.6 Å². The number of aliphatic hydroxyl groups excluding tert-OH is 2. The molecule has 0 aliphatic heterocycles. The fourth-order valence-corrected chi connectivity index (χ4v) is 8.63. The summed E-state index contributed by atoms with van der Waals surface area (Å²) in [6.07, 6.45) is 59.3. The number of unbranched alkanes of at least 4 members (excludes halogenated alkanes) is 30. The van der Waals surface area contributed by atoms with E-state index in [4.69, 9.17) is 14.8 Å². The highest BCUT2D eigenvalue weighted by Crippen LogP contribution is 2.43. The fourth-order valence-electron chi connectivity index (χ4n) is 7.87. The Morgan fingerprint density at radius 1 is 0.547 bits per heavy atom. The third kappa shape index (κ3) is 46.9. The maximum absolute atomic E-state index is 12.9. The first-order chi connectivity index (χ1) is 31.3. The molecule has 0 aliphatic carbocycles. The number of aliphatic hydroxyl groups is 2. The van der Waals surface area contributed by atoms with Gasteiger partial charge in [-0.25, -0.2) is 4.57 Å². The van der Waals surface area contributed by atoms with Gasteiger partial charge in [0.15, 0.2) is 0 Å². The number of carbonyl (C=O) groups is 1. The summed E-state index contributed by atoms with van der Waals surface area (Å²) >= 11 is 0. The average molecular weight is 923 g/mol. The van der Waals surface area contributed by atoms with Crippen LogP contribution in [0.25, 0.3) is 0 Å². The molecule has 0 bridgehead atoms. The summed E-state index contributed by atoms with van der Waals surface area (Å²) in [5.74, 6) is -0.462. The summed E-state index contributed by atoms with van der Waals surface area (Å²) in [7, 11) is -4.42. The second kappa shape index (κ2) is 49.3. The van der Waals surface area contributed by atoms with Crippen molar-refractivity contribution >= 4 is 13.7 Å². The maximum atomic E-state index is 12.9. The summed E-state index contributed by atoms with van der Waals surface area (Å²) < 4.78 is 22.2. The highest BCUT2D eigenvalue weighted by molar-refractivity contribution is 7.47. The summed E-state index contributed by atoms with van der Waals surface area (Å²) in [6.45, 7) is 3.97. The van der Waals surface area contributed by atoms with Crippen molar-refractivity contribution in [2.45, 2.75) is 270 Å². The molecule has 0 aromatic rings. The van der Waals surface area contributed by atoms with E-state index in [1.165, 1.54) is 161 Å². The first-order valence-corrected chi connectivity index (χ1v) is 28.3. The van der Waals surface area contributed by atoms with Gasteiger partial charge < -0.3 is 26.2 Å². The largest absolute Gasteiger partial charge is 0.472 e. The van der Waals surface area contributed by atoms with E-state index in [0.29, 0.717) is 12.8 Å². The van der Waals surface area contributed by atoms with Crippen molar-refractivity contribution in [3.8, 4) is 0 Å². The third-order valence-corrected chi connectivity index (χ3v) is 12.9. The molecule has 4 unspecified atom stereocenters. The van der Waals surface area contributed by atoms with Gasteiger partial charge in [-0.1, -0.05) is 229 Å². The van der Waals surface area contributed by atoms with E-state index in [2.05, 4.69) is 55.6 Å². The van der Waals surface area contributed by atoms with Gasteiger partial charge in [0.05, 0.1) is 37.9 Å². The minimum Gasteiger partial charge on any atom is -0.393 e. The monoisotopic (exact) mass is 923 g/mol. The van der Waals surface area contributed by atoms with Crippen LogP contribution in [0.3, 0.4) is 0 Å². The third-order valence-electron chi connectivity index (χ3n) is 11.9. The van der Waals surface area contributed by atoms with Gasteiger partial charge in [-0.2, -0.15) is 0 Å². The predicted octanol–water partition coefficient (Wildman–Crippen LogP) is 15.0. The van der Waals surface area contributed by atoms with E-state index in [1.54, 1.807) is 6.08 Å². The average Bonchev–Trinajstić information content (AvgIpc) is 3.28. The molecule has 9 nitrogen and oxygen atoms in total. The Balaban J connectivity index is 4.24. The van der Waals surface area contributed by atoms with Crippen LogP contribution in [0.2, 0.25) is 0 Å². The molecular weight excluding hydrogens is 820 g/mol. The van der Waals surface area contributed by atoms with Crippen LogP contribution in [0.1, 0.15) is 251 Å². The van der Waals surface area contributed by atoms with Crippen molar-refractivity contribution in [1.82, 2.24) is 5.32 Å². The van der Waals surface area contributed by atoms with Crippen molar-refractivity contribution in [3.63, 3.8) is 0 Å². The summed E-state index contributed by atoms with van der Waals surface area (Å²) in [5.41, 5.74) is 5.38. The Morgan fingerprint density at radius 3 is 1.39 bits per heavy atom. The van der Waals surface area contributed by atoms with E-state index in [0.717, 1.165) is 57.8 Å². The quantitative estimate of drug-likeness (QED) is 0.0230. The Hall–Kier alpha value is -1.58. The predicted molar refractivity (Wildman–Crippen MR) is 273 cm³/mol. The molecule has 0 aliphatic rings. The van der Waals surface area contributed by atoms with Gasteiger partial charge in [-0.15, -0.1) is 0 Å². The first kappa shape index (κ1) is 62.4. The lowest BCUT2D eigenvalue weighted by Crippen LogP contribution is -2.46. The zero-order valence-corrected chi connectivity index (χ0v) is 42.5. The highest BCUT2D eigenvalue weighted by atomic mass is 31.2. The second-order valence-corrected chi connectivity index (χ2v) is 19.7. The number of hydrogen-bond donors (Lipinski definition) is 5. The molecule has 1 amide bonds. The van der Waals surface area contributed by atoms with E-state index in [1.807, 2.05) is 6.08 Å². The normalized spacial score (nSPS) is 14.7. The molecule has 0 aromatic carbocycles. The number of amides is 1. The zero-order valence-electron chi connectivity index (χ0n) is 41.6. The van der Waals surface area contributed by atoms with E-state index in [9.17, 15) is 24.5 Å². The minimum absolute atomic E-state index is 0.0418. The molecule has 64 heavy (non-hydrogen) atoms. The van der Waals surface area contributed by atoms with Crippen LogP contribution >= 0.6 is 7.82 Å². The molecule has 376 valence electrons. The lowest BCUT2D eigenvalue weighted by Gasteiger charge is -2.24. The van der Waals surface area contributed by atoms with Crippen molar-refractivity contribution in [3.05, 3.63) is 48.6 Å². The fraction of sp³-hybridized carbons (Fsp3) is 0.833. The molecular formula is C54H103N2O7P.